The van der Waals surface area contributed by atoms with Gasteiger partial charge in [0.1, 0.15) is 5.41 Å². The average Bonchev–Trinajstić information content (AvgIpc) is 2.48. The van der Waals surface area contributed by atoms with Crippen LogP contribution in [0.5, 0.6) is 0 Å². The van der Waals surface area contributed by atoms with Gasteiger partial charge in [0.15, 0.2) is 0 Å². The lowest BCUT2D eigenvalue weighted by Crippen LogP contribution is -2.47. The van der Waals surface area contributed by atoms with Crippen molar-refractivity contribution in [3.63, 3.8) is 0 Å². The van der Waals surface area contributed by atoms with Gasteiger partial charge in [-0.2, -0.15) is 0 Å². The first-order valence-electron chi connectivity index (χ1n) is 5.96. The highest BCUT2D eigenvalue weighted by Gasteiger charge is 2.39. The van der Waals surface area contributed by atoms with Crippen molar-refractivity contribution in [1.29, 1.82) is 0 Å². The summed E-state index contributed by atoms with van der Waals surface area (Å²) in [6, 6.07) is 0. The van der Waals surface area contributed by atoms with Gasteiger partial charge in [-0.1, -0.05) is 6.58 Å². The van der Waals surface area contributed by atoms with Gasteiger partial charge in [-0.3, -0.25) is 9.59 Å². The Balaban J connectivity index is 0. The SMILES string of the molecule is C=CC(=O)OC(O)C(CO)(CO)CO.O=C(O)CCC(=O)O. The Labute approximate surface area is 125 Å². The van der Waals surface area contributed by atoms with Crippen molar-refractivity contribution in [1.82, 2.24) is 0 Å². The molecule has 128 valence electrons. The normalized spacial score (nSPS) is 11.6. The van der Waals surface area contributed by atoms with Crippen LogP contribution in [0.4, 0.5) is 0 Å². The second kappa shape index (κ2) is 11.6. The number of carbonyl (C=O) groups is 3. The minimum Gasteiger partial charge on any atom is -0.481 e. The van der Waals surface area contributed by atoms with E-state index in [0.29, 0.717) is 0 Å². The van der Waals surface area contributed by atoms with Crippen LogP contribution < -0.4 is 0 Å². The van der Waals surface area contributed by atoms with E-state index in [2.05, 4.69) is 11.3 Å². The zero-order chi connectivity index (χ0) is 17.8. The molecule has 0 saturated heterocycles. The minimum absolute atomic E-state index is 0.296. The Morgan fingerprint density at radius 2 is 1.36 bits per heavy atom. The molecule has 0 spiro atoms. The molecule has 0 aliphatic rings. The molecule has 0 fully saturated rings. The van der Waals surface area contributed by atoms with E-state index in [-0.39, 0.29) is 12.8 Å². The van der Waals surface area contributed by atoms with E-state index >= 15 is 0 Å². The number of aliphatic hydroxyl groups is 4. The molecule has 1 atom stereocenters. The van der Waals surface area contributed by atoms with Gasteiger partial charge in [0.05, 0.1) is 32.7 Å². The molecule has 10 nitrogen and oxygen atoms in total. The van der Waals surface area contributed by atoms with Crippen LogP contribution >= 0.6 is 0 Å². The average molecular weight is 324 g/mol. The van der Waals surface area contributed by atoms with Crippen LogP contribution in [-0.4, -0.2) is 74.7 Å². The van der Waals surface area contributed by atoms with Crippen LogP contribution in [0.25, 0.3) is 0 Å². The topological polar surface area (TPSA) is 182 Å². The molecule has 0 heterocycles. The summed E-state index contributed by atoms with van der Waals surface area (Å²) in [7, 11) is 0. The number of hydrogen-bond acceptors (Lipinski definition) is 8. The van der Waals surface area contributed by atoms with E-state index in [0.717, 1.165) is 6.08 Å². The molecule has 0 aromatic heterocycles. The number of carboxylic acids is 2. The van der Waals surface area contributed by atoms with Gasteiger partial charge >= 0.3 is 17.9 Å². The third-order valence-corrected chi connectivity index (χ3v) is 2.42. The van der Waals surface area contributed by atoms with Crippen molar-refractivity contribution < 1.29 is 49.8 Å². The molecule has 0 bridgehead atoms. The van der Waals surface area contributed by atoms with Crippen LogP contribution in [0.1, 0.15) is 12.8 Å². The first-order chi connectivity index (χ1) is 10.2. The number of aliphatic hydroxyl groups excluding tert-OH is 4. The lowest BCUT2D eigenvalue weighted by molar-refractivity contribution is -0.210. The van der Waals surface area contributed by atoms with Crippen LogP contribution in [0.3, 0.4) is 0 Å². The minimum atomic E-state index is -1.78. The van der Waals surface area contributed by atoms with Crippen molar-refractivity contribution >= 4 is 17.9 Å². The summed E-state index contributed by atoms with van der Waals surface area (Å²) in [5.41, 5.74) is -1.65. The van der Waals surface area contributed by atoms with Crippen LogP contribution in [0.2, 0.25) is 0 Å². The molecule has 0 aliphatic heterocycles. The molecule has 10 heteroatoms. The van der Waals surface area contributed by atoms with E-state index in [9.17, 15) is 19.5 Å². The van der Waals surface area contributed by atoms with Crippen LogP contribution in [-0.2, 0) is 19.1 Å². The van der Waals surface area contributed by atoms with E-state index in [1.807, 2.05) is 0 Å². The first kappa shape index (κ1) is 22.3. The summed E-state index contributed by atoms with van der Waals surface area (Å²) in [6.07, 6.45) is -1.56. The fraction of sp³-hybridized carbons (Fsp3) is 0.583. The summed E-state index contributed by atoms with van der Waals surface area (Å²) in [6.45, 7) is 0.950. The maximum atomic E-state index is 10.7. The zero-order valence-electron chi connectivity index (χ0n) is 11.7. The van der Waals surface area contributed by atoms with E-state index in [1.165, 1.54) is 0 Å². The molecule has 0 aromatic carbocycles. The maximum Gasteiger partial charge on any atom is 0.332 e. The third kappa shape index (κ3) is 9.02. The highest BCUT2D eigenvalue weighted by Crippen LogP contribution is 2.21. The summed E-state index contributed by atoms with van der Waals surface area (Å²) in [5.74, 6) is -3.06. The summed E-state index contributed by atoms with van der Waals surface area (Å²) >= 11 is 0. The molecule has 22 heavy (non-hydrogen) atoms. The zero-order valence-corrected chi connectivity index (χ0v) is 11.7. The smallest absolute Gasteiger partial charge is 0.332 e. The number of ether oxygens (including phenoxy) is 1. The Morgan fingerprint density at radius 3 is 1.59 bits per heavy atom. The Kier molecular flexibility index (Phi) is 11.8. The standard InChI is InChI=1S/C8H14O6.C4H6O4/c1-2-6(12)14-7(13)8(3-9,4-10)5-11;5-3(6)1-2-4(7)8/h2,7,9-11,13H,1,3-5H2;1-2H2,(H,5,6)(H,7,8). The molecular formula is C12H20O10. The molecule has 0 rings (SSSR count). The highest BCUT2D eigenvalue weighted by atomic mass is 16.6. The molecule has 0 aliphatic carbocycles. The summed E-state index contributed by atoms with van der Waals surface area (Å²) in [4.78, 5) is 30.0. The van der Waals surface area contributed by atoms with E-state index in [1.54, 1.807) is 0 Å². The number of carbonyl (C=O) groups excluding carboxylic acids is 1. The second-order valence-corrected chi connectivity index (χ2v) is 4.12. The van der Waals surface area contributed by atoms with Crippen molar-refractivity contribution in [2.75, 3.05) is 19.8 Å². The second-order valence-electron chi connectivity index (χ2n) is 4.12. The molecule has 0 amide bonds. The van der Waals surface area contributed by atoms with Gasteiger partial charge < -0.3 is 35.4 Å². The van der Waals surface area contributed by atoms with Gasteiger partial charge in [0, 0.05) is 6.08 Å². The van der Waals surface area contributed by atoms with Crippen LogP contribution in [0.15, 0.2) is 12.7 Å². The van der Waals surface area contributed by atoms with Crippen molar-refractivity contribution in [2.45, 2.75) is 19.1 Å². The summed E-state index contributed by atoms with van der Waals surface area (Å²) in [5, 5.41) is 51.6. The lowest BCUT2D eigenvalue weighted by Gasteiger charge is -2.31. The van der Waals surface area contributed by atoms with Gasteiger partial charge in [-0.15, -0.1) is 0 Å². The lowest BCUT2D eigenvalue weighted by atomic mass is 9.90. The highest BCUT2D eigenvalue weighted by molar-refractivity contribution is 5.81. The largest absolute Gasteiger partial charge is 0.481 e. The molecule has 6 N–H and O–H groups in total. The number of esters is 1. The molecular weight excluding hydrogens is 304 g/mol. The van der Waals surface area contributed by atoms with Crippen molar-refractivity contribution in [3.05, 3.63) is 12.7 Å². The quantitative estimate of drug-likeness (QED) is 0.156. The van der Waals surface area contributed by atoms with Crippen molar-refractivity contribution in [2.24, 2.45) is 5.41 Å². The fourth-order valence-corrected chi connectivity index (χ4v) is 0.881. The van der Waals surface area contributed by atoms with Gasteiger partial charge in [-0.25, -0.2) is 4.79 Å². The van der Waals surface area contributed by atoms with Crippen molar-refractivity contribution in [3.8, 4) is 0 Å². The Bertz CT molecular complexity index is 352. The Morgan fingerprint density at radius 1 is 1.00 bits per heavy atom. The number of aliphatic carboxylic acids is 2. The molecule has 0 saturated carbocycles. The predicted molar refractivity (Wildman–Crippen MR) is 70.5 cm³/mol. The predicted octanol–water partition coefficient (Wildman–Crippen LogP) is -2.07. The van der Waals surface area contributed by atoms with Gasteiger partial charge in [0.25, 0.3) is 0 Å². The number of carboxylic acid groups (broad SMARTS) is 2. The number of rotatable bonds is 9. The Hall–Kier alpha value is -2.01. The first-order valence-corrected chi connectivity index (χ1v) is 5.96. The monoisotopic (exact) mass is 324 g/mol. The van der Waals surface area contributed by atoms with Gasteiger partial charge in [0.2, 0.25) is 6.29 Å². The van der Waals surface area contributed by atoms with Crippen LogP contribution in [0, 0.1) is 5.41 Å². The molecule has 1 unspecified atom stereocenters. The maximum absolute atomic E-state index is 10.7. The van der Waals surface area contributed by atoms with E-state index in [4.69, 9.17) is 25.5 Å². The molecule has 0 aromatic rings. The third-order valence-electron chi connectivity index (χ3n) is 2.42. The van der Waals surface area contributed by atoms with E-state index < -0.39 is 49.4 Å². The fourth-order valence-electron chi connectivity index (χ4n) is 0.881. The number of hydrogen-bond donors (Lipinski definition) is 6. The van der Waals surface area contributed by atoms with Gasteiger partial charge in [-0.05, 0) is 0 Å². The summed E-state index contributed by atoms with van der Waals surface area (Å²) < 4.78 is 4.36. The molecule has 0 radical (unpaired) electrons.